The highest BCUT2D eigenvalue weighted by atomic mass is 32.1. The van der Waals surface area contributed by atoms with Crippen molar-refractivity contribution in [2.45, 2.75) is 26.2 Å². The molecule has 3 N–H and O–H groups in total. The highest BCUT2D eigenvalue weighted by molar-refractivity contribution is 7.09. The molecule has 0 saturated heterocycles. The number of guanidine groups is 1. The molecule has 29 heavy (non-hydrogen) atoms. The van der Waals surface area contributed by atoms with E-state index in [1.807, 2.05) is 13.0 Å². The number of thiazole rings is 1. The minimum Gasteiger partial charge on any atom is -0.484 e. The molecule has 0 saturated carbocycles. The van der Waals surface area contributed by atoms with Gasteiger partial charge in [0.15, 0.2) is 18.3 Å². The molecule has 11 heteroatoms. The Morgan fingerprint density at radius 2 is 2.00 bits per heavy atom. The van der Waals surface area contributed by atoms with E-state index in [1.54, 1.807) is 25.2 Å². The number of carbonyl (C=O) groups is 1. The lowest BCUT2D eigenvalue weighted by atomic mass is 10.2. The Balaban J connectivity index is 1.83. The van der Waals surface area contributed by atoms with E-state index in [4.69, 9.17) is 4.74 Å². The quantitative estimate of drug-likeness (QED) is 0.444. The maximum absolute atomic E-state index is 12.6. The Kier molecular flexibility index (Phi) is 8.25. The van der Waals surface area contributed by atoms with E-state index < -0.39 is 11.9 Å². The molecule has 0 radical (unpaired) electrons. The summed E-state index contributed by atoms with van der Waals surface area (Å²) in [6.45, 7) is 2.83. The molecule has 1 heterocycles. The minimum atomic E-state index is -4.45. The average molecular weight is 429 g/mol. The molecular formula is C18H22F3N5O2S. The largest absolute Gasteiger partial charge is 0.484 e. The Hall–Kier alpha value is -2.82. The van der Waals surface area contributed by atoms with Gasteiger partial charge in [-0.25, -0.2) is 4.98 Å². The van der Waals surface area contributed by atoms with E-state index in [0.29, 0.717) is 29.8 Å². The summed E-state index contributed by atoms with van der Waals surface area (Å²) in [7, 11) is 1.56. The molecule has 0 bridgehead atoms. The first kappa shape index (κ1) is 22.5. The van der Waals surface area contributed by atoms with Gasteiger partial charge in [-0.1, -0.05) is 12.1 Å². The van der Waals surface area contributed by atoms with Crippen LogP contribution >= 0.6 is 11.3 Å². The summed E-state index contributed by atoms with van der Waals surface area (Å²) in [5.74, 6) is 0.778. The van der Waals surface area contributed by atoms with E-state index in [-0.39, 0.29) is 19.1 Å². The average Bonchev–Trinajstić information content (AvgIpc) is 3.17. The molecule has 0 spiro atoms. The first-order valence-electron chi connectivity index (χ1n) is 8.76. The second kappa shape index (κ2) is 10.6. The first-order chi connectivity index (χ1) is 13.8. The predicted octanol–water partition coefficient (Wildman–Crippen LogP) is 2.54. The van der Waals surface area contributed by atoms with Gasteiger partial charge in [-0.2, -0.15) is 13.2 Å². The number of halogens is 3. The number of ether oxygens (including phenoxy) is 1. The maximum Gasteiger partial charge on any atom is 0.434 e. The van der Waals surface area contributed by atoms with Crippen LogP contribution in [0.25, 0.3) is 0 Å². The van der Waals surface area contributed by atoms with Crippen LogP contribution in [0.4, 0.5) is 13.2 Å². The van der Waals surface area contributed by atoms with Crippen molar-refractivity contribution in [3.63, 3.8) is 0 Å². The van der Waals surface area contributed by atoms with Crippen molar-refractivity contribution in [2.24, 2.45) is 4.99 Å². The number of hydrogen-bond acceptors (Lipinski definition) is 5. The van der Waals surface area contributed by atoms with Gasteiger partial charge in [0, 0.05) is 25.5 Å². The maximum atomic E-state index is 12.6. The summed E-state index contributed by atoms with van der Waals surface area (Å²) < 4.78 is 43.2. The Labute approximate surface area is 170 Å². The van der Waals surface area contributed by atoms with Crippen molar-refractivity contribution in [3.8, 4) is 5.75 Å². The Bertz CT molecular complexity index is 839. The Morgan fingerprint density at radius 1 is 1.24 bits per heavy atom. The highest BCUT2D eigenvalue weighted by Gasteiger charge is 2.33. The number of aromatic nitrogens is 1. The molecule has 7 nitrogen and oxygen atoms in total. The summed E-state index contributed by atoms with van der Waals surface area (Å²) in [4.78, 5) is 19.1. The van der Waals surface area contributed by atoms with Gasteiger partial charge < -0.3 is 20.7 Å². The number of rotatable bonds is 8. The second-order valence-corrected chi connectivity index (χ2v) is 6.74. The zero-order valence-electron chi connectivity index (χ0n) is 16.0. The molecular weight excluding hydrogens is 407 g/mol. The number of amides is 1. The van der Waals surface area contributed by atoms with Gasteiger partial charge in [0.2, 0.25) is 0 Å². The van der Waals surface area contributed by atoms with Gasteiger partial charge in [0.05, 0.1) is 6.54 Å². The van der Waals surface area contributed by atoms with Crippen molar-refractivity contribution < 1.29 is 22.7 Å². The van der Waals surface area contributed by atoms with Gasteiger partial charge in [-0.05, 0) is 24.6 Å². The SMILES string of the molecule is CCNC(=O)COc1cccc(CNC(=NC)NCc2nc(C(F)(F)F)cs2)c1. The van der Waals surface area contributed by atoms with Crippen LogP contribution in [0.2, 0.25) is 0 Å². The number of hydrogen-bond donors (Lipinski definition) is 3. The number of carbonyl (C=O) groups excluding carboxylic acids is 1. The minimum absolute atomic E-state index is 0.0678. The number of aliphatic imine (C=N–C) groups is 1. The lowest BCUT2D eigenvalue weighted by Crippen LogP contribution is -2.36. The third-order valence-electron chi connectivity index (χ3n) is 3.58. The van der Waals surface area contributed by atoms with E-state index in [0.717, 1.165) is 22.3 Å². The zero-order valence-corrected chi connectivity index (χ0v) is 16.8. The van der Waals surface area contributed by atoms with Gasteiger partial charge in [-0.15, -0.1) is 11.3 Å². The molecule has 0 aliphatic carbocycles. The fraction of sp³-hybridized carbons (Fsp3) is 0.389. The molecule has 158 valence electrons. The van der Waals surface area contributed by atoms with Gasteiger partial charge in [-0.3, -0.25) is 9.79 Å². The summed E-state index contributed by atoms with van der Waals surface area (Å²) in [6, 6.07) is 7.20. The van der Waals surface area contributed by atoms with Crippen LogP contribution in [0.5, 0.6) is 5.75 Å². The van der Waals surface area contributed by atoms with Crippen LogP contribution < -0.4 is 20.7 Å². The Morgan fingerprint density at radius 3 is 2.66 bits per heavy atom. The topological polar surface area (TPSA) is 87.6 Å². The second-order valence-electron chi connectivity index (χ2n) is 5.79. The molecule has 1 aromatic carbocycles. The molecule has 2 aromatic rings. The molecule has 0 unspecified atom stereocenters. The van der Waals surface area contributed by atoms with Gasteiger partial charge in [0.1, 0.15) is 10.8 Å². The van der Waals surface area contributed by atoms with Crippen molar-refractivity contribution >= 4 is 23.2 Å². The summed E-state index contributed by atoms with van der Waals surface area (Å²) >= 11 is 0.931. The van der Waals surface area contributed by atoms with E-state index in [2.05, 4.69) is 25.9 Å². The van der Waals surface area contributed by atoms with Crippen LogP contribution in [-0.2, 0) is 24.1 Å². The first-order valence-corrected chi connectivity index (χ1v) is 9.64. The molecule has 0 aliphatic heterocycles. The van der Waals surface area contributed by atoms with Gasteiger partial charge in [0.25, 0.3) is 5.91 Å². The van der Waals surface area contributed by atoms with Crippen molar-refractivity contribution in [1.82, 2.24) is 20.9 Å². The number of nitrogens with zero attached hydrogens (tertiary/aromatic N) is 2. The van der Waals surface area contributed by atoms with E-state index >= 15 is 0 Å². The molecule has 2 rings (SSSR count). The lowest BCUT2D eigenvalue weighted by Gasteiger charge is -2.12. The number of nitrogens with one attached hydrogen (secondary N) is 3. The van der Waals surface area contributed by atoms with Crippen LogP contribution in [0.3, 0.4) is 0 Å². The third-order valence-corrected chi connectivity index (χ3v) is 4.42. The smallest absolute Gasteiger partial charge is 0.434 e. The van der Waals surface area contributed by atoms with Crippen LogP contribution in [0, 0.1) is 0 Å². The van der Waals surface area contributed by atoms with Crippen molar-refractivity contribution in [1.29, 1.82) is 0 Å². The van der Waals surface area contributed by atoms with E-state index in [1.165, 1.54) is 0 Å². The summed E-state index contributed by atoms with van der Waals surface area (Å²) in [5, 5.41) is 9.93. The molecule has 1 amide bonds. The van der Waals surface area contributed by atoms with Crippen molar-refractivity contribution in [3.05, 3.63) is 45.9 Å². The van der Waals surface area contributed by atoms with Crippen LogP contribution in [-0.4, -0.2) is 37.1 Å². The lowest BCUT2D eigenvalue weighted by molar-refractivity contribution is -0.140. The molecule has 0 aliphatic rings. The molecule has 1 aromatic heterocycles. The third kappa shape index (κ3) is 7.60. The monoisotopic (exact) mass is 429 g/mol. The number of likely N-dealkylation sites (N-methyl/N-ethyl adjacent to an activating group) is 1. The standard InChI is InChI=1S/C18H22F3N5O2S/c1-3-23-15(27)10-28-13-6-4-5-12(7-13)8-24-17(22-2)25-9-16-26-14(11-29-16)18(19,20)21/h4-7,11H,3,8-10H2,1-2H3,(H,23,27)(H2,22,24,25). The van der Waals surface area contributed by atoms with Gasteiger partial charge >= 0.3 is 6.18 Å². The molecule has 0 atom stereocenters. The van der Waals surface area contributed by atoms with Crippen LogP contribution in [0.15, 0.2) is 34.6 Å². The van der Waals surface area contributed by atoms with E-state index in [9.17, 15) is 18.0 Å². The number of alkyl halides is 3. The fourth-order valence-corrected chi connectivity index (χ4v) is 2.97. The summed E-state index contributed by atoms with van der Waals surface area (Å²) in [6.07, 6.45) is -4.45. The highest BCUT2D eigenvalue weighted by Crippen LogP contribution is 2.29. The predicted molar refractivity (Wildman–Crippen MR) is 105 cm³/mol. The normalized spacial score (nSPS) is 11.8. The van der Waals surface area contributed by atoms with Crippen LogP contribution in [0.1, 0.15) is 23.2 Å². The summed E-state index contributed by atoms with van der Waals surface area (Å²) in [5.41, 5.74) is -0.0124. The van der Waals surface area contributed by atoms with Crippen molar-refractivity contribution in [2.75, 3.05) is 20.2 Å². The zero-order chi connectivity index (χ0) is 21.3. The fourth-order valence-electron chi connectivity index (χ4n) is 2.23. The molecule has 0 fully saturated rings. The number of benzene rings is 1.